The molecule has 0 aromatic carbocycles. The lowest BCUT2D eigenvalue weighted by molar-refractivity contribution is -0.0326. The van der Waals surface area contributed by atoms with E-state index in [0.717, 1.165) is 19.0 Å². The second kappa shape index (κ2) is 5.25. The molecule has 2 N–H and O–H groups in total. The predicted octanol–water partition coefficient (Wildman–Crippen LogP) is 1.67. The van der Waals surface area contributed by atoms with Crippen LogP contribution in [0.1, 0.15) is 46.0 Å². The Morgan fingerprint density at radius 3 is 2.47 bits per heavy atom. The maximum absolute atomic E-state index is 5.74. The van der Waals surface area contributed by atoms with E-state index >= 15 is 0 Å². The first-order valence-electron chi connectivity index (χ1n) is 7.21. The van der Waals surface area contributed by atoms with E-state index in [0.29, 0.717) is 11.6 Å². The van der Waals surface area contributed by atoms with Crippen LogP contribution < -0.4 is 5.73 Å². The standard InChI is InChI=1S/C14H29N3/c1-14(2)11-16(3)13(8-9-15)10-17(14)12-6-4-5-7-12/h12-13H,4-11,15H2,1-3H3. The molecule has 0 amide bonds. The van der Waals surface area contributed by atoms with Gasteiger partial charge in [0.05, 0.1) is 0 Å². The van der Waals surface area contributed by atoms with E-state index < -0.39 is 0 Å². The Bertz CT molecular complexity index is 246. The average molecular weight is 239 g/mol. The highest BCUT2D eigenvalue weighted by molar-refractivity contribution is 4.97. The van der Waals surface area contributed by atoms with Crippen molar-refractivity contribution >= 4 is 0 Å². The predicted molar refractivity (Wildman–Crippen MR) is 73.1 cm³/mol. The van der Waals surface area contributed by atoms with Crippen LogP contribution in [0, 0.1) is 0 Å². The summed E-state index contributed by atoms with van der Waals surface area (Å²) in [5, 5.41) is 0. The molecule has 0 aromatic rings. The molecule has 2 aliphatic rings. The molecular weight excluding hydrogens is 210 g/mol. The van der Waals surface area contributed by atoms with Gasteiger partial charge in [-0.2, -0.15) is 0 Å². The van der Waals surface area contributed by atoms with E-state index in [1.165, 1.54) is 38.8 Å². The van der Waals surface area contributed by atoms with Gasteiger partial charge in [-0.05, 0) is 46.7 Å². The third kappa shape index (κ3) is 2.83. The van der Waals surface area contributed by atoms with Crippen molar-refractivity contribution in [3.8, 4) is 0 Å². The number of piperazine rings is 1. The molecule has 1 atom stereocenters. The van der Waals surface area contributed by atoms with Crippen LogP contribution in [-0.2, 0) is 0 Å². The van der Waals surface area contributed by atoms with E-state index in [-0.39, 0.29) is 0 Å². The molecule has 3 heteroatoms. The summed E-state index contributed by atoms with van der Waals surface area (Å²) in [6.07, 6.45) is 6.80. The van der Waals surface area contributed by atoms with Crippen molar-refractivity contribution < 1.29 is 0 Å². The van der Waals surface area contributed by atoms with Crippen LogP contribution in [0.4, 0.5) is 0 Å². The van der Waals surface area contributed by atoms with Gasteiger partial charge in [0.15, 0.2) is 0 Å². The van der Waals surface area contributed by atoms with Gasteiger partial charge in [0.1, 0.15) is 0 Å². The smallest absolute Gasteiger partial charge is 0.0283 e. The normalized spacial score (nSPS) is 32.1. The van der Waals surface area contributed by atoms with Crippen LogP contribution in [0.15, 0.2) is 0 Å². The molecule has 17 heavy (non-hydrogen) atoms. The summed E-state index contributed by atoms with van der Waals surface area (Å²) < 4.78 is 0. The second-order valence-electron chi connectivity index (χ2n) is 6.55. The van der Waals surface area contributed by atoms with Crippen LogP contribution in [0.2, 0.25) is 0 Å². The first-order valence-corrected chi connectivity index (χ1v) is 7.21. The van der Waals surface area contributed by atoms with Crippen molar-refractivity contribution in [3.05, 3.63) is 0 Å². The fourth-order valence-electron chi connectivity index (χ4n) is 3.81. The van der Waals surface area contributed by atoms with Gasteiger partial charge >= 0.3 is 0 Å². The summed E-state index contributed by atoms with van der Waals surface area (Å²) in [6.45, 7) is 8.01. The number of nitrogens with two attached hydrogens (primary N) is 1. The van der Waals surface area contributed by atoms with Gasteiger partial charge in [-0.25, -0.2) is 0 Å². The number of nitrogens with zero attached hydrogens (tertiary/aromatic N) is 2. The minimum atomic E-state index is 0.328. The van der Waals surface area contributed by atoms with Crippen molar-refractivity contribution in [3.63, 3.8) is 0 Å². The highest BCUT2D eigenvalue weighted by Gasteiger charge is 2.40. The van der Waals surface area contributed by atoms with E-state index in [4.69, 9.17) is 5.73 Å². The Morgan fingerprint density at radius 1 is 1.24 bits per heavy atom. The van der Waals surface area contributed by atoms with Gasteiger partial charge in [0, 0.05) is 30.7 Å². The SMILES string of the molecule is CN1CC(C)(C)N(C2CCCC2)CC1CCN. The highest BCUT2D eigenvalue weighted by Crippen LogP contribution is 2.33. The molecule has 0 radical (unpaired) electrons. The Morgan fingerprint density at radius 2 is 1.88 bits per heavy atom. The van der Waals surface area contributed by atoms with Crippen molar-refractivity contribution in [2.24, 2.45) is 5.73 Å². The quantitative estimate of drug-likeness (QED) is 0.813. The van der Waals surface area contributed by atoms with Gasteiger partial charge in [-0.15, -0.1) is 0 Å². The zero-order valence-corrected chi connectivity index (χ0v) is 11.8. The molecule has 1 aliphatic carbocycles. The van der Waals surface area contributed by atoms with Crippen LogP contribution >= 0.6 is 0 Å². The molecule has 2 rings (SSSR count). The number of hydrogen-bond donors (Lipinski definition) is 1. The molecule has 100 valence electrons. The zero-order valence-electron chi connectivity index (χ0n) is 11.8. The molecule has 1 heterocycles. The van der Waals surface area contributed by atoms with Crippen molar-refractivity contribution in [2.45, 2.75) is 63.6 Å². The number of likely N-dealkylation sites (N-methyl/N-ethyl adjacent to an activating group) is 1. The summed E-state index contributed by atoms with van der Waals surface area (Å²) in [4.78, 5) is 5.29. The molecule has 0 spiro atoms. The van der Waals surface area contributed by atoms with Gasteiger partial charge in [0.2, 0.25) is 0 Å². The van der Waals surface area contributed by atoms with Crippen molar-refractivity contribution in [1.82, 2.24) is 9.80 Å². The maximum atomic E-state index is 5.74. The molecule has 2 fully saturated rings. The summed E-state index contributed by atoms with van der Waals surface area (Å²) in [5.74, 6) is 0. The number of rotatable bonds is 3. The van der Waals surface area contributed by atoms with Gasteiger partial charge in [-0.1, -0.05) is 12.8 Å². The fourth-order valence-corrected chi connectivity index (χ4v) is 3.81. The van der Waals surface area contributed by atoms with E-state index in [9.17, 15) is 0 Å². The van der Waals surface area contributed by atoms with Crippen molar-refractivity contribution in [2.75, 3.05) is 26.7 Å². The molecule has 3 nitrogen and oxygen atoms in total. The Kier molecular flexibility index (Phi) is 4.11. The van der Waals surface area contributed by atoms with Crippen LogP contribution in [0.3, 0.4) is 0 Å². The molecule has 1 aliphatic heterocycles. The molecule has 1 unspecified atom stereocenters. The minimum Gasteiger partial charge on any atom is -0.330 e. The molecular formula is C14H29N3. The largest absolute Gasteiger partial charge is 0.330 e. The van der Waals surface area contributed by atoms with Crippen LogP contribution in [-0.4, -0.2) is 54.1 Å². The van der Waals surface area contributed by atoms with Gasteiger partial charge in [-0.3, -0.25) is 4.90 Å². The summed E-state index contributed by atoms with van der Waals surface area (Å²) in [6, 6.07) is 1.49. The Hall–Kier alpha value is -0.120. The summed E-state index contributed by atoms with van der Waals surface area (Å²) in [5.41, 5.74) is 6.07. The lowest BCUT2D eigenvalue weighted by atomic mass is 9.92. The van der Waals surface area contributed by atoms with Crippen LogP contribution in [0.5, 0.6) is 0 Å². The monoisotopic (exact) mass is 239 g/mol. The Labute approximate surface area is 106 Å². The summed E-state index contributed by atoms with van der Waals surface area (Å²) >= 11 is 0. The number of hydrogen-bond acceptors (Lipinski definition) is 3. The van der Waals surface area contributed by atoms with E-state index in [1.807, 2.05) is 0 Å². The Balaban J connectivity index is 2.06. The van der Waals surface area contributed by atoms with E-state index in [2.05, 4.69) is 30.7 Å². The third-order valence-corrected chi connectivity index (χ3v) is 4.71. The molecule has 0 aromatic heterocycles. The van der Waals surface area contributed by atoms with Crippen molar-refractivity contribution in [1.29, 1.82) is 0 Å². The lowest BCUT2D eigenvalue weighted by Gasteiger charge is -2.52. The topological polar surface area (TPSA) is 32.5 Å². The van der Waals surface area contributed by atoms with E-state index in [1.54, 1.807) is 0 Å². The lowest BCUT2D eigenvalue weighted by Crippen LogP contribution is -2.64. The second-order valence-corrected chi connectivity index (χ2v) is 6.55. The van der Waals surface area contributed by atoms with Gasteiger partial charge < -0.3 is 10.6 Å². The summed E-state index contributed by atoms with van der Waals surface area (Å²) in [7, 11) is 2.26. The maximum Gasteiger partial charge on any atom is 0.0283 e. The molecule has 1 saturated carbocycles. The minimum absolute atomic E-state index is 0.328. The average Bonchev–Trinajstić information content (AvgIpc) is 2.74. The van der Waals surface area contributed by atoms with Crippen LogP contribution in [0.25, 0.3) is 0 Å². The molecule has 1 saturated heterocycles. The fraction of sp³-hybridized carbons (Fsp3) is 1.00. The zero-order chi connectivity index (χ0) is 12.5. The highest BCUT2D eigenvalue weighted by atomic mass is 15.3. The first kappa shape index (κ1) is 13.3. The molecule has 0 bridgehead atoms. The first-order chi connectivity index (χ1) is 8.04. The van der Waals surface area contributed by atoms with Gasteiger partial charge in [0.25, 0.3) is 0 Å². The third-order valence-electron chi connectivity index (χ3n) is 4.71.